The zero-order valence-corrected chi connectivity index (χ0v) is 17.0. The fourth-order valence-corrected chi connectivity index (χ4v) is 3.15. The Morgan fingerprint density at radius 3 is 2.44 bits per heavy atom. The molecule has 2 aromatic rings. The SMILES string of the molecule is Nc1nc(N)c2c(n1)CCC(CNc1ccc(C(=O)N[C@@H](CCC(=O)O)C(=O)O)cc1)=N2. The molecule has 32 heavy (non-hydrogen) atoms. The predicted octanol–water partition coefficient (Wildman–Crippen LogP) is 0.820. The highest BCUT2D eigenvalue weighted by Gasteiger charge is 2.22. The maximum Gasteiger partial charge on any atom is 0.326 e. The third kappa shape index (κ3) is 5.68. The van der Waals surface area contributed by atoms with Crippen molar-refractivity contribution in [2.75, 3.05) is 23.3 Å². The Hall–Kier alpha value is -4.22. The standard InChI is InChI=1S/C20H23N7O5/c21-17-16-13(26-20(22)27-17)6-5-12(24-16)9-23-11-3-1-10(2-4-11)18(30)25-14(19(31)32)7-8-15(28)29/h1-4,14,23H,5-9H2,(H,25,30)(H,28,29)(H,31,32)(H4,21,22,26,27)/t14-/m0/s1. The summed E-state index contributed by atoms with van der Waals surface area (Å²) < 4.78 is 0. The zero-order valence-electron chi connectivity index (χ0n) is 17.0. The minimum atomic E-state index is -1.29. The number of fused-ring (bicyclic) bond motifs is 1. The maximum atomic E-state index is 12.3. The smallest absolute Gasteiger partial charge is 0.326 e. The highest BCUT2D eigenvalue weighted by atomic mass is 16.4. The molecule has 12 heteroatoms. The van der Waals surface area contributed by atoms with Crippen molar-refractivity contribution in [2.24, 2.45) is 4.99 Å². The molecule has 1 amide bonds. The topological polar surface area (TPSA) is 206 Å². The molecule has 1 aliphatic rings. The van der Waals surface area contributed by atoms with E-state index in [2.05, 4.69) is 25.6 Å². The molecular weight excluding hydrogens is 418 g/mol. The summed E-state index contributed by atoms with van der Waals surface area (Å²) >= 11 is 0. The summed E-state index contributed by atoms with van der Waals surface area (Å²) in [6.07, 6.45) is 0.769. The number of nitrogen functional groups attached to an aromatic ring is 2. The van der Waals surface area contributed by atoms with Gasteiger partial charge < -0.3 is 32.3 Å². The lowest BCUT2D eigenvalue weighted by molar-refractivity contribution is -0.140. The van der Waals surface area contributed by atoms with Gasteiger partial charge in [0.05, 0.1) is 12.2 Å². The second-order valence-corrected chi connectivity index (χ2v) is 7.17. The molecule has 0 aliphatic carbocycles. The van der Waals surface area contributed by atoms with E-state index in [1.807, 2.05) is 0 Å². The lowest BCUT2D eigenvalue weighted by Gasteiger charge is -2.17. The number of aliphatic carboxylic acids is 2. The van der Waals surface area contributed by atoms with Crippen molar-refractivity contribution in [1.82, 2.24) is 15.3 Å². The van der Waals surface area contributed by atoms with Crippen LogP contribution < -0.4 is 22.1 Å². The molecule has 0 radical (unpaired) electrons. The van der Waals surface area contributed by atoms with Gasteiger partial charge in [-0.3, -0.25) is 14.6 Å². The molecular formula is C20H23N7O5. The molecule has 3 rings (SSSR count). The van der Waals surface area contributed by atoms with E-state index in [0.717, 1.165) is 17.1 Å². The first-order valence-electron chi connectivity index (χ1n) is 9.80. The highest BCUT2D eigenvalue weighted by molar-refractivity contribution is 5.97. The van der Waals surface area contributed by atoms with Crippen molar-refractivity contribution in [1.29, 1.82) is 0 Å². The lowest BCUT2D eigenvalue weighted by Crippen LogP contribution is -2.41. The highest BCUT2D eigenvalue weighted by Crippen LogP contribution is 2.29. The number of carbonyl (C=O) groups excluding carboxylic acids is 1. The molecule has 1 aromatic heterocycles. The molecule has 0 fully saturated rings. The molecule has 0 unspecified atom stereocenters. The lowest BCUT2D eigenvalue weighted by atomic mass is 10.1. The van der Waals surface area contributed by atoms with Crippen LogP contribution in [0.2, 0.25) is 0 Å². The fraction of sp³-hybridized carbons (Fsp3) is 0.300. The number of aromatic nitrogens is 2. The Labute approximate surface area is 182 Å². The van der Waals surface area contributed by atoms with Crippen LogP contribution in [0.1, 0.15) is 35.3 Å². The van der Waals surface area contributed by atoms with Crippen LogP contribution in [0.4, 0.5) is 23.1 Å². The van der Waals surface area contributed by atoms with Gasteiger partial charge in [0.25, 0.3) is 5.91 Å². The average Bonchev–Trinajstić information content (AvgIpc) is 2.75. The first kappa shape index (κ1) is 22.5. The maximum absolute atomic E-state index is 12.3. The minimum absolute atomic E-state index is 0.124. The molecule has 1 aromatic carbocycles. The molecule has 168 valence electrons. The molecule has 0 saturated carbocycles. The van der Waals surface area contributed by atoms with Crippen LogP contribution in [0.3, 0.4) is 0 Å². The Morgan fingerprint density at radius 1 is 1.06 bits per heavy atom. The van der Waals surface area contributed by atoms with E-state index in [9.17, 15) is 14.4 Å². The van der Waals surface area contributed by atoms with Crippen LogP contribution in [0.5, 0.6) is 0 Å². The summed E-state index contributed by atoms with van der Waals surface area (Å²) in [5.74, 6) is -2.66. The normalized spacial score (nSPS) is 13.4. The molecule has 2 heterocycles. The van der Waals surface area contributed by atoms with Crippen molar-refractivity contribution < 1.29 is 24.6 Å². The summed E-state index contributed by atoms with van der Waals surface area (Å²) in [7, 11) is 0. The van der Waals surface area contributed by atoms with Crippen LogP contribution >= 0.6 is 0 Å². The van der Waals surface area contributed by atoms with Gasteiger partial charge in [0.15, 0.2) is 5.82 Å². The number of hydrogen-bond donors (Lipinski definition) is 6. The number of carbonyl (C=O) groups is 3. The van der Waals surface area contributed by atoms with E-state index in [1.54, 1.807) is 24.3 Å². The van der Waals surface area contributed by atoms with Gasteiger partial charge in [-0.2, -0.15) is 4.98 Å². The van der Waals surface area contributed by atoms with Crippen molar-refractivity contribution >= 4 is 46.7 Å². The first-order chi connectivity index (χ1) is 15.2. The van der Waals surface area contributed by atoms with Gasteiger partial charge in [-0.1, -0.05) is 0 Å². The monoisotopic (exact) mass is 441 g/mol. The minimum Gasteiger partial charge on any atom is -0.481 e. The number of benzene rings is 1. The summed E-state index contributed by atoms with van der Waals surface area (Å²) in [4.78, 5) is 46.8. The predicted molar refractivity (Wildman–Crippen MR) is 117 cm³/mol. The van der Waals surface area contributed by atoms with Crippen molar-refractivity contribution in [2.45, 2.75) is 31.7 Å². The molecule has 8 N–H and O–H groups in total. The molecule has 1 atom stereocenters. The average molecular weight is 441 g/mol. The Bertz CT molecular complexity index is 1070. The number of nitrogens with zero attached hydrogens (tertiary/aromatic N) is 3. The number of aliphatic imine (C=N–C) groups is 1. The van der Waals surface area contributed by atoms with Crippen LogP contribution in [0.25, 0.3) is 0 Å². The number of nitrogens with two attached hydrogens (primary N) is 2. The van der Waals surface area contributed by atoms with Crippen LogP contribution in [-0.4, -0.2) is 56.3 Å². The molecule has 0 spiro atoms. The van der Waals surface area contributed by atoms with Gasteiger partial charge in [0, 0.05) is 23.4 Å². The van der Waals surface area contributed by atoms with E-state index in [0.29, 0.717) is 25.1 Å². The van der Waals surface area contributed by atoms with Crippen molar-refractivity contribution in [3.05, 3.63) is 35.5 Å². The second-order valence-electron chi connectivity index (χ2n) is 7.17. The van der Waals surface area contributed by atoms with E-state index in [-0.39, 0.29) is 30.2 Å². The summed E-state index contributed by atoms with van der Waals surface area (Å²) in [5, 5.41) is 23.4. The van der Waals surface area contributed by atoms with Gasteiger partial charge in [-0.25, -0.2) is 9.78 Å². The molecule has 0 saturated heterocycles. The number of amides is 1. The third-order valence-corrected chi connectivity index (χ3v) is 4.81. The zero-order chi connectivity index (χ0) is 23.3. The number of carboxylic acid groups (broad SMARTS) is 2. The summed E-state index contributed by atoms with van der Waals surface area (Å²) in [6.45, 7) is 0.449. The number of hydrogen-bond acceptors (Lipinski definition) is 9. The van der Waals surface area contributed by atoms with Gasteiger partial charge in [-0.15, -0.1) is 0 Å². The largest absolute Gasteiger partial charge is 0.481 e. The molecule has 1 aliphatic heterocycles. The van der Waals surface area contributed by atoms with Crippen LogP contribution in [0.15, 0.2) is 29.3 Å². The van der Waals surface area contributed by atoms with Gasteiger partial charge in [-0.05, 0) is 43.5 Å². The Morgan fingerprint density at radius 2 is 1.78 bits per heavy atom. The van der Waals surface area contributed by atoms with E-state index in [4.69, 9.17) is 21.7 Å². The number of nitrogens with one attached hydrogen (secondary N) is 2. The Kier molecular flexibility index (Phi) is 6.83. The Balaban J connectivity index is 1.59. The number of carboxylic acids is 2. The number of anilines is 3. The van der Waals surface area contributed by atoms with Gasteiger partial charge >= 0.3 is 11.9 Å². The number of rotatable bonds is 9. The van der Waals surface area contributed by atoms with E-state index >= 15 is 0 Å². The van der Waals surface area contributed by atoms with E-state index in [1.165, 1.54) is 0 Å². The van der Waals surface area contributed by atoms with Gasteiger partial charge in [0.2, 0.25) is 5.95 Å². The van der Waals surface area contributed by atoms with Crippen molar-refractivity contribution in [3.8, 4) is 0 Å². The first-order valence-corrected chi connectivity index (χ1v) is 9.80. The number of aryl methyl sites for hydroxylation is 1. The summed E-state index contributed by atoms with van der Waals surface area (Å²) in [6, 6.07) is 5.16. The van der Waals surface area contributed by atoms with Crippen LogP contribution in [0, 0.1) is 0 Å². The third-order valence-electron chi connectivity index (χ3n) is 4.81. The molecule has 12 nitrogen and oxygen atoms in total. The van der Waals surface area contributed by atoms with Gasteiger partial charge in [0.1, 0.15) is 11.7 Å². The summed E-state index contributed by atoms with van der Waals surface area (Å²) in [5.41, 5.74) is 14.6. The fourth-order valence-electron chi connectivity index (χ4n) is 3.15. The molecule has 0 bridgehead atoms. The second kappa shape index (κ2) is 9.73. The quantitative estimate of drug-likeness (QED) is 0.323. The van der Waals surface area contributed by atoms with Crippen LogP contribution in [-0.2, 0) is 16.0 Å². The van der Waals surface area contributed by atoms with E-state index < -0.39 is 23.9 Å². The van der Waals surface area contributed by atoms with Crippen molar-refractivity contribution in [3.63, 3.8) is 0 Å².